The van der Waals surface area contributed by atoms with Crippen LogP contribution in [0, 0.1) is 0 Å². The monoisotopic (exact) mass is 502 g/mol. The molecule has 0 N–H and O–H groups in total. The minimum atomic E-state index is -0.837. The molecule has 11 heteroatoms. The molecule has 0 atom stereocenters. The fourth-order valence-corrected chi connectivity index (χ4v) is 5.16. The predicted octanol–water partition coefficient (Wildman–Crippen LogP) is 1.24. The molecule has 5 aromatic heterocycles. The first-order valence-electron chi connectivity index (χ1n) is 11.5. The molecule has 0 saturated carbocycles. The third-order valence-corrected chi connectivity index (χ3v) is 6.73. The van der Waals surface area contributed by atoms with E-state index in [0.717, 1.165) is 9.13 Å². The van der Waals surface area contributed by atoms with E-state index >= 15 is 0 Å². The van der Waals surface area contributed by atoms with Crippen molar-refractivity contribution >= 4 is 33.3 Å². The molecule has 0 radical (unpaired) electrons. The summed E-state index contributed by atoms with van der Waals surface area (Å²) in [6, 6.07) is 14.4. The van der Waals surface area contributed by atoms with Crippen LogP contribution in [-0.4, -0.2) is 30.0 Å². The van der Waals surface area contributed by atoms with Crippen molar-refractivity contribution < 1.29 is 4.79 Å². The van der Waals surface area contributed by atoms with Gasteiger partial charge in [0, 0.05) is 18.6 Å². The first-order chi connectivity index (χ1) is 18.5. The van der Waals surface area contributed by atoms with Crippen molar-refractivity contribution in [1.82, 2.24) is 24.1 Å². The molecule has 1 aliphatic heterocycles. The van der Waals surface area contributed by atoms with Crippen molar-refractivity contribution in [2.45, 2.75) is 6.54 Å². The second-order valence-corrected chi connectivity index (χ2v) is 8.70. The van der Waals surface area contributed by atoms with Crippen molar-refractivity contribution in [3.05, 3.63) is 126 Å². The Morgan fingerprint density at radius 2 is 0.974 bits per heavy atom. The van der Waals surface area contributed by atoms with Crippen LogP contribution in [0.25, 0.3) is 33.2 Å². The highest BCUT2D eigenvalue weighted by molar-refractivity contribution is 6.24. The van der Waals surface area contributed by atoms with Gasteiger partial charge in [-0.05, 0) is 42.0 Å². The zero-order valence-electron chi connectivity index (χ0n) is 19.4. The lowest BCUT2D eigenvalue weighted by Crippen LogP contribution is -2.26. The van der Waals surface area contributed by atoms with E-state index in [9.17, 15) is 24.0 Å². The summed E-state index contributed by atoms with van der Waals surface area (Å²) in [7, 11) is 0. The van der Waals surface area contributed by atoms with Crippen molar-refractivity contribution in [1.29, 1.82) is 0 Å². The maximum absolute atomic E-state index is 13.8. The maximum Gasteiger partial charge on any atom is 0.268 e. The van der Waals surface area contributed by atoms with E-state index in [0.29, 0.717) is 5.82 Å². The smallest absolute Gasteiger partial charge is 0.268 e. The summed E-state index contributed by atoms with van der Waals surface area (Å²) < 4.78 is 1.68. The van der Waals surface area contributed by atoms with Gasteiger partial charge in [0.1, 0.15) is 17.5 Å². The fourth-order valence-electron chi connectivity index (χ4n) is 5.16. The Bertz CT molecular complexity index is 2150. The highest BCUT2D eigenvalue weighted by atomic mass is 16.2. The summed E-state index contributed by atoms with van der Waals surface area (Å²) in [5.41, 5.74) is -3.06. The van der Waals surface area contributed by atoms with Crippen molar-refractivity contribution in [2.24, 2.45) is 0 Å². The number of nitrogens with zero attached hydrogens (tertiary/aromatic N) is 6. The van der Waals surface area contributed by atoms with Crippen molar-refractivity contribution in [3.63, 3.8) is 0 Å². The van der Waals surface area contributed by atoms with Crippen LogP contribution in [0.1, 0.15) is 15.9 Å². The normalized spacial score (nSPS) is 13.1. The zero-order chi connectivity index (χ0) is 26.1. The molecule has 0 unspecified atom stereocenters. The van der Waals surface area contributed by atoms with Crippen LogP contribution in [0.15, 0.2) is 92.4 Å². The summed E-state index contributed by atoms with van der Waals surface area (Å²) in [5, 5.41) is -0.823. The lowest BCUT2D eigenvalue weighted by molar-refractivity contribution is 0.0997. The van der Waals surface area contributed by atoms with Gasteiger partial charge in [0.25, 0.3) is 28.1 Å². The number of benzene rings is 1. The number of amides is 1. The minimum absolute atomic E-state index is 0.0339. The SMILES string of the molecule is O=C1c2c(c3c(=O)n(-c4ccccn4)c(=O)c3c3c(=O)n(-c4ccccn4)c(=O)c23)CN1c1ccccn1. The largest absolute Gasteiger partial charge is 0.288 e. The Labute approximate surface area is 211 Å². The van der Waals surface area contributed by atoms with E-state index in [4.69, 9.17) is 0 Å². The van der Waals surface area contributed by atoms with Gasteiger partial charge >= 0.3 is 0 Å². The first-order valence-corrected chi connectivity index (χ1v) is 11.5. The molecule has 0 aliphatic carbocycles. The first kappa shape index (κ1) is 21.7. The van der Waals surface area contributed by atoms with Gasteiger partial charge in [-0.2, -0.15) is 0 Å². The Morgan fingerprint density at radius 3 is 1.47 bits per heavy atom. The zero-order valence-corrected chi connectivity index (χ0v) is 19.4. The van der Waals surface area contributed by atoms with Crippen molar-refractivity contribution in [2.75, 3.05) is 4.90 Å². The summed E-state index contributed by atoms with van der Waals surface area (Å²) in [5.74, 6) is -0.205. The van der Waals surface area contributed by atoms with Crippen LogP contribution in [-0.2, 0) is 6.54 Å². The Balaban J connectivity index is 1.69. The Morgan fingerprint density at radius 1 is 0.526 bits per heavy atom. The van der Waals surface area contributed by atoms with E-state index in [1.54, 1.807) is 42.5 Å². The minimum Gasteiger partial charge on any atom is -0.288 e. The molecular formula is C27H14N6O5. The molecule has 1 aliphatic rings. The molecule has 38 heavy (non-hydrogen) atoms. The third kappa shape index (κ3) is 2.72. The van der Waals surface area contributed by atoms with Gasteiger partial charge in [-0.1, -0.05) is 18.2 Å². The number of hydrogen-bond acceptors (Lipinski definition) is 8. The van der Waals surface area contributed by atoms with E-state index in [1.165, 1.54) is 35.6 Å². The summed E-state index contributed by atoms with van der Waals surface area (Å²) in [4.78, 5) is 82.6. The molecule has 182 valence electrons. The lowest BCUT2D eigenvalue weighted by atomic mass is 9.98. The number of aromatic nitrogens is 5. The van der Waals surface area contributed by atoms with Gasteiger partial charge in [0.05, 0.1) is 33.7 Å². The molecule has 0 fully saturated rings. The topological polar surface area (TPSA) is 137 Å². The van der Waals surface area contributed by atoms with Gasteiger partial charge in [-0.3, -0.25) is 28.9 Å². The number of anilines is 1. The van der Waals surface area contributed by atoms with Crippen LogP contribution in [0.3, 0.4) is 0 Å². The van der Waals surface area contributed by atoms with E-state index < -0.39 is 28.1 Å². The molecule has 1 aromatic carbocycles. The molecule has 7 rings (SSSR count). The van der Waals surface area contributed by atoms with Gasteiger partial charge in [0.2, 0.25) is 0 Å². The van der Waals surface area contributed by atoms with Crippen LogP contribution < -0.4 is 27.1 Å². The molecule has 1 amide bonds. The number of carbonyl (C=O) groups is 1. The number of carbonyl (C=O) groups excluding carboxylic acids is 1. The highest BCUT2D eigenvalue weighted by Gasteiger charge is 2.39. The molecule has 11 nitrogen and oxygen atoms in total. The van der Waals surface area contributed by atoms with Gasteiger partial charge in [0.15, 0.2) is 0 Å². The van der Waals surface area contributed by atoms with Crippen LogP contribution in [0.4, 0.5) is 5.82 Å². The van der Waals surface area contributed by atoms with E-state index in [-0.39, 0.29) is 50.9 Å². The van der Waals surface area contributed by atoms with Crippen LogP contribution >= 0.6 is 0 Å². The molecule has 0 saturated heterocycles. The molecule has 0 spiro atoms. The quantitative estimate of drug-likeness (QED) is 0.352. The molecule has 0 bridgehead atoms. The maximum atomic E-state index is 13.8. The van der Waals surface area contributed by atoms with Gasteiger partial charge < -0.3 is 0 Å². The Hall–Kier alpha value is -5.58. The number of rotatable bonds is 3. The Kier molecular flexibility index (Phi) is 4.40. The molecule has 6 heterocycles. The average Bonchev–Trinajstić information content (AvgIpc) is 3.52. The molecular weight excluding hydrogens is 488 g/mol. The summed E-state index contributed by atoms with van der Waals surface area (Å²) in [6.45, 7) is -0.110. The van der Waals surface area contributed by atoms with Crippen LogP contribution in [0.2, 0.25) is 0 Å². The average molecular weight is 502 g/mol. The number of fused-ring (bicyclic) bond motifs is 6. The highest BCUT2D eigenvalue weighted by Crippen LogP contribution is 2.35. The predicted molar refractivity (Wildman–Crippen MR) is 138 cm³/mol. The number of pyridine rings is 3. The second kappa shape index (κ2) is 7.71. The summed E-state index contributed by atoms with van der Waals surface area (Å²) >= 11 is 0. The van der Waals surface area contributed by atoms with Crippen LogP contribution in [0.5, 0.6) is 0 Å². The number of hydrogen-bond donors (Lipinski definition) is 0. The third-order valence-electron chi connectivity index (χ3n) is 6.73. The molecule has 6 aromatic rings. The second-order valence-electron chi connectivity index (χ2n) is 8.70. The van der Waals surface area contributed by atoms with E-state index in [1.807, 2.05) is 0 Å². The van der Waals surface area contributed by atoms with Crippen molar-refractivity contribution in [3.8, 4) is 11.6 Å². The fraction of sp³-hybridized carbons (Fsp3) is 0.0370. The van der Waals surface area contributed by atoms with E-state index in [2.05, 4.69) is 15.0 Å². The summed E-state index contributed by atoms with van der Waals surface area (Å²) in [6.07, 6.45) is 4.35. The van der Waals surface area contributed by atoms with Gasteiger partial charge in [-0.15, -0.1) is 0 Å². The lowest BCUT2D eigenvalue weighted by Gasteiger charge is -2.13. The van der Waals surface area contributed by atoms with Gasteiger partial charge in [-0.25, -0.2) is 24.1 Å². The standard InChI is InChI=1S/C27H14N6O5/c34-23-18-14(13-31(23)15-7-1-4-10-28-15)19-21(26(37)32(24(19)35)16-8-2-5-11-29-16)22-20(18)25(36)33(27(22)38)17-9-3-6-12-30-17/h1-12H,13H2.